The zero-order valence-corrected chi connectivity index (χ0v) is 6.14. The van der Waals surface area contributed by atoms with Crippen LogP contribution in [0.4, 0.5) is 6.01 Å². The standard InChI is InChI=1S/C7H6N4O/c8-7-11-10-6(12-7)5-1-3-9-4-2-5/h1-4H,(H2,8,11). The molecule has 0 bridgehead atoms. The fourth-order valence-corrected chi connectivity index (χ4v) is 0.846. The largest absolute Gasteiger partial charge is 0.404 e. The maximum atomic E-state index is 5.26. The molecular formula is C7H6N4O. The van der Waals surface area contributed by atoms with E-state index in [2.05, 4.69) is 15.2 Å². The fourth-order valence-electron chi connectivity index (χ4n) is 0.846. The first-order valence-electron chi connectivity index (χ1n) is 3.35. The number of hydrogen-bond acceptors (Lipinski definition) is 5. The first-order chi connectivity index (χ1) is 5.86. The second-order valence-corrected chi connectivity index (χ2v) is 2.18. The van der Waals surface area contributed by atoms with Gasteiger partial charge in [-0.2, -0.15) is 0 Å². The lowest BCUT2D eigenvalue weighted by atomic mass is 10.3. The number of nitrogens with two attached hydrogens (primary N) is 1. The minimum absolute atomic E-state index is 0.0711. The van der Waals surface area contributed by atoms with E-state index in [1.165, 1.54) is 0 Å². The summed E-state index contributed by atoms with van der Waals surface area (Å²) in [5.41, 5.74) is 6.07. The molecule has 0 atom stereocenters. The summed E-state index contributed by atoms with van der Waals surface area (Å²) in [6, 6.07) is 3.61. The van der Waals surface area contributed by atoms with E-state index in [4.69, 9.17) is 10.2 Å². The smallest absolute Gasteiger partial charge is 0.313 e. The van der Waals surface area contributed by atoms with Crippen LogP contribution in [0.2, 0.25) is 0 Å². The predicted octanol–water partition coefficient (Wildman–Crippen LogP) is 0.714. The molecule has 2 N–H and O–H groups in total. The monoisotopic (exact) mass is 162 g/mol. The minimum atomic E-state index is 0.0711. The van der Waals surface area contributed by atoms with Gasteiger partial charge in [0.25, 0.3) is 0 Å². The van der Waals surface area contributed by atoms with E-state index in [0.717, 1.165) is 5.56 Å². The molecule has 2 heterocycles. The van der Waals surface area contributed by atoms with Crippen molar-refractivity contribution in [3.8, 4) is 11.5 Å². The van der Waals surface area contributed by atoms with Crippen molar-refractivity contribution in [3.63, 3.8) is 0 Å². The van der Waals surface area contributed by atoms with Crippen LogP contribution in [-0.4, -0.2) is 15.2 Å². The van der Waals surface area contributed by atoms with Crippen molar-refractivity contribution in [1.29, 1.82) is 0 Å². The molecule has 5 heteroatoms. The summed E-state index contributed by atoms with van der Waals surface area (Å²) in [4.78, 5) is 3.86. The van der Waals surface area contributed by atoms with Gasteiger partial charge in [0.15, 0.2) is 0 Å². The summed E-state index contributed by atoms with van der Waals surface area (Å²) >= 11 is 0. The summed E-state index contributed by atoms with van der Waals surface area (Å²) in [7, 11) is 0. The number of nitrogens with zero attached hydrogens (tertiary/aromatic N) is 3. The second-order valence-electron chi connectivity index (χ2n) is 2.18. The third-order valence-corrected chi connectivity index (χ3v) is 1.37. The van der Waals surface area contributed by atoms with E-state index in [1.54, 1.807) is 24.5 Å². The van der Waals surface area contributed by atoms with E-state index in [-0.39, 0.29) is 6.01 Å². The SMILES string of the molecule is Nc1nnc(-c2ccncc2)o1. The summed E-state index contributed by atoms with van der Waals surface area (Å²) < 4.78 is 5.00. The van der Waals surface area contributed by atoms with Crippen LogP contribution < -0.4 is 5.73 Å². The summed E-state index contributed by atoms with van der Waals surface area (Å²) in [5, 5.41) is 7.25. The number of pyridine rings is 1. The Labute approximate surface area is 68.3 Å². The van der Waals surface area contributed by atoms with Crippen LogP contribution in [0.5, 0.6) is 0 Å². The van der Waals surface area contributed by atoms with Crippen molar-refractivity contribution in [2.75, 3.05) is 5.73 Å². The quantitative estimate of drug-likeness (QED) is 0.668. The molecule has 0 amide bonds. The summed E-state index contributed by atoms with van der Waals surface area (Å²) in [6.45, 7) is 0. The zero-order valence-electron chi connectivity index (χ0n) is 6.14. The van der Waals surface area contributed by atoms with Crippen molar-refractivity contribution in [2.24, 2.45) is 0 Å². The molecule has 5 nitrogen and oxygen atoms in total. The number of aromatic nitrogens is 3. The van der Waals surface area contributed by atoms with Crippen molar-refractivity contribution < 1.29 is 4.42 Å². The van der Waals surface area contributed by atoms with Gasteiger partial charge in [0, 0.05) is 18.0 Å². The van der Waals surface area contributed by atoms with Crippen molar-refractivity contribution >= 4 is 6.01 Å². The molecule has 0 aliphatic carbocycles. The molecule has 60 valence electrons. The molecule has 2 aromatic rings. The maximum absolute atomic E-state index is 5.26. The van der Waals surface area contributed by atoms with Gasteiger partial charge in [-0.05, 0) is 12.1 Å². The van der Waals surface area contributed by atoms with Gasteiger partial charge in [0.1, 0.15) is 0 Å². The first-order valence-corrected chi connectivity index (χ1v) is 3.35. The van der Waals surface area contributed by atoms with Gasteiger partial charge in [-0.15, -0.1) is 5.10 Å². The molecule has 0 saturated carbocycles. The van der Waals surface area contributed by atoms with Crippen molar-refractivity contribution in [3.05, 3.63) is 24.5 Å². The molecule has 0 spiro atoms. The van der Waals surface area contributed by atoms with E-state index in [0.29, 0.717) is 5.89 Å². The number of rotatable bonds is 1. The Balaban J connectivity index is 2.45. The highest BCUT2D eigenvalue weighted by Gasteiger charge is 2.03. The van der Waals surface area contributed by atoms with Gasteiger partial charge < -0.3 is 10.2 Å². The lowest BCUT2D eigenvalue weighted by Crippen LogP contribution is -1.81. The third kappa shape index (κ3) is 1.12. The molecule has 0 aliphatic rings. The Morgan fingerprint density at radius 1 is 1.17 bits per heavy atom. The van der Waals surface area contributed by atoms with Crippen LogP contribution in [0.1, 0.15) is 0 Å². The predicted molar refractivity (Wildman–Crippen MR) is 41.9 cm³/mol. The molecular weight excluding hydrogens is 156 g/mol. The Morgan fingerprint density at radius 2 is 1.92 bits per heavy atom. The van der Waals surface area contributed by atoms with Crippen LogP contribution in [0.15, 0.2) is 28.9 Å². The third-order valence-electron chi connectivity index (χ3n) is 1.37. The molecule has 12 heavy (non-hydrogen) atoms. The van der Waals surface area contributed by atoms with Crippen LogP contribution in [0, 0.1) is 0 Å². The lowest BCUT2D eigenvalue weighted by molar-refractivity contribution is 0.590. The Kier molecular flexibility index (Phi) is 1.48. The van der Waals surface area contributed by atoms with Gasteiger partial charge in [0.05, 0.1) is 0 Å². The molecule has 0 unspecified atom stereocenters. The van der Waals surface area contributed by atoms with E-state index >= 15 is 0 Å². The molecule has 0 saturated heterocycles. The fraction of sp³-hybridized carbons (Fsp3) is 0. The Bertz CT molecular complexity index is 370. The van der Waals surface area contributed by atoms with Gasteiger partial charge in [-0.3, -0.25) is 4.98 Å². The second kappa shape index (κ2) is 2.61. The van der Waals surface area contributed by atoms with Crippen LogP contribution in [0.3, 0.4) is 0 Å². The average molecular weight is 162 g/mol. The Morgan fingerprint density at radius 3 is 2.50 bits per heavy atom. The van der Waals surface area contributed by atoms with Crippen LogP contribution in [0.25, 0.3) is 11.5 Å². The highest BCUT2D eigenvalue weighted by Crippen LogP contribution is 2.16. The molecule has 0 aliphatic heterocycles. The Hall–Kier alpha value is -1.91. The highest BCUT2D eigenvalue weighted by molar-refractivity contribution is 5.51. The maximum Gasteiger partial charge on any atom is 0.313 e. The molecule has 2 aromatic heterocycles. The number of anilines is 1. The van der Waals surface area contributed by atoms with Gasteiger partial charge in [-0.1, -0.05) is 5.10 Å². The van der Waals surface area contributed by atoms with E-state index < -0.39 is 0 Å². The van der Waals surface area contributed by atoms with Gasteiger partial charge in [-0.25, -0.2) is 0 Å². The minimum Gasteiger partial charge on any atom is -0.404 e. The summed E-state index contributed by atoms with van der Waals surface area (Å²) in [6.07, 6.45) is 3.30. The first kappa shape index (κ1) is 6.78. The van der Waals surface area contributed by atoms with Crippen molar-refractivity contribution in [1.82, 2.24) is 15.2 Å². The molecule has 2 rings (SSSR count). The van der Waals surface area contributed by atoms with Crippen LogP contribution in [-0.2, 0) is 0 Å². The number of hydrogen-bond donors (Lipinski definition) is 1. The van der Waals surface area contributed by atoms with Gasteiger partial charge >= 0.3 is 6.01 Å². The van der Waals surface area contributed by atoms with E-state index in [9.17, 15) is 0 Å². The topological polar surface area (TPSA) is 77.8 Å². The van der Waals surface area contributed by atoms with Gasteiger partial charge in [0.2, 0.25) is 5.89 Å². The summed E-state index contributed by atoms with van der Waals surface area (Å²) in [5.74, 6) is 0.412. The molecule has 0 radical (unpaired) electrons. The highest BCUT2D eigenvalue weighted by atomic mass is 16.4. The zero-order chi connectivity index (χ0) is 8.39. The molecule has 0 aromatic carbocycles. The molecule has 0 fully saturated rings. The normalized spacial score (nSPS) is 10.0. The number of nitrogen functional groups attached to an aromatic ring is 1. The van der Waals surface area contributed by atoms with E-state index in [1.807, 2.05) is 0 Å². The van der Waals surface area contributed by atoms with Crippen molar-refractivity contribution in [2.45, 2.75) is 0 Å². The average Bonchev–Trinajstić information content (AvgIpc) is 2.54. The van der Waals surface area contributed by atoms with Crippen LogP contribution >= 0.6 is 0 Å². The lowest BCUT2D eigenvalue weighted by Gasteiger charge is -1.89.